The normalized spacial score (nSPS) is 18.4. The van der Waals surface area contributed by atoms with E-state index in [1.165, 1.54) is 4.31 Å². The van der Waals surface area contributed by atoms with Crippen LogP contribution in [0.2, 0.25) is 0 Å². The van der Waals surface area contributed by atoms with E-state index in [-0.39, 0.29) is 36.2 Å². The zero-order valence-electron chi connectivity index (χ0n) is 18.2. The van der Waals surface area contributed by atoms with Gasteiger partial charge in [-0.2, -0.15) is 4.31 Å². The van der Waals surface area contributed by atoms with Gasteiger partial charge in [-0.3, -0.25) is 9.59 Å². The Labute approximate surface area is 193 Å². The highest BCUT2D eigenvalue weighted by Gasteiger charge is 2.33. The number of fused-ring (bicyclic) bond motifs is 1. The van der Waals surface area contributed by atoms with Crippen molar-refractivity contribution in [2.75, 3.05) is 38.2 Å². The maximum atomic E-state index is 12.8. The number of sulfonamides is 1. The minimum atomic E-state index is -3.63. The number of hydrogen-bond acceptors (Lipinski definition) is 6. The highest BCUT2D eigenvalue weighted by atomic mass is 32.2. The first-order chi connectivity index (χ1) is 15.9. The van der Waals surface area contributed by atoms with E-state index in [2.05, 4.69) is 10.6 Å². The van der Waals surface area contributed by atoms with E-state index in [9.17, 15) is 18.0 Å². The van der Waals surface area contributed by atoms with Crippen molar-refractivity contribution in [2.45, 2.75) is 24.2 Å². The van der Waals surface area contributed by atoms with Gasteiger partial charge in [-0.15, -0.1) is 0 Å². The van der Waals surface area contributed by atoms with Crippen LogP contribution < -0.4 is 20.1 Å². The molecule has 0 saturated carbocycles. The predicted molar refractivity (Wildman–Crippen MR) is 122 cm³/mol. The first kappa shape index (κ1) is 23.1. The molecule has 0 aliphatic carbocycles. The summed E-state index contributed by atoms with van der Waals surface area (Å²) in [5.41, 5.74) is 0.588. The van der Waals surface area contributed by atoms with Crippen molar-refractivity contribution in [3.05, 3.63) is 48.5 Å². The van der Waals surface area contributed by atoms with Crippen LogP contribution in [0, 0.1) is 5.92 Å². The second kappa shape index (κ2) is 10.2. The van der Waals surface area contributed by atoms with Crippen LogP contribution in [-0.2, 0) is 19.6 Å². The lowest BCUT2D eigenvalue weighted by atomic mass is 9.99. The molecule has 2 aliphatic heterocycles. The fraction of sp³-hybridized carbons (Fsp3) is 0.391. The standard InChI is InChI=1S/C23H27N3O6S/c27-22(25-18-8-9-20-21(15-18)32-14-13-31-20)10-11-24-23(28)17-5-4-12-26(16-17)33(29,30)19-6-2-1-3-7-19/h1-3,6-9,15,17H,4-5,10-14,16H2,(H,24,28)(H,25,27). The van der Waals surface area contributed by atoms with Crippen LogP contribution in [0.15, 0.2) is 53.4 Å². The molecule has 2 heterocycles. The quantitative estimate of drug-likeness (QED) is 0.636. The fourth-order valence-electron chi connectivity index (χ4n) is 3.90. The number of rotatable bonds is 7. The lowest BCUT2D eigenvalue weighted by molar-refractivity contribution is -0.126. The number of nitrogens with zero attached hydrogens (tertiary/aromatic N) is 1. The van der Waals surface area contributed by atoms with Gasteiger partial charge in [0.05, 0.1) is 10.8 Å². The Morgan fingerprint density at radius 1 is 1.03 bits per heavy atom. The van der Waals surface area contributed by atoms with Gasteiger partial charge in [0.1, 0.15) is 13.2 Å². The third-order valence-electron chi connectivity index (χ3n) is 5.61. The van der Waals surface area contributed by atoms with Crippen molar-refractivity contribution in [1.82, 2.24) is 9.62 Å². The van der Waals surface area contributed by atoms with E-state index in [4.69, 9.17) is 9.47 Å². The summed E-state index contributed by atoms with van der Waals surface area (Å²) in [6.45, 7) is 1.64. The summed E-state index contributed by atoms with van der Waals surface area (Å²) in [6.07, 6.45) is 1.31. The molecular weight excluding hydrogens is 446 g/mol. The lowest BCUT2D eigenvalue weighted by Crippen LogP contribution is -2.45. The molecule has 1 atom stereocenters. The third kappa shape index (κ3) is 5.63. The molecule has 2 aliphatic rings. The van der Waals surface area contributed by atoms with Gasteiger partial charge in [0.15, 0.2) is 11.5 Å². The van der Waals surface area contributed by atoms with Gasteiger partial charge in [0, 0.05) is 37.8 Å². The number of anilines is 1. The molecule has 2 N–H and O–H groups in total. The number of benzene rings is 2. The van der Waals surface area contributed by atoms with Crippen molar-refractivity contribution >= 4 is 27.5 Å². The van der Waals surface area contributed by atoms with E-state index >= 15 is 0 Å². The van der Waals surface area contributed by atoms with Gasteiger partial charge in [-0.25, -0.2) is 8.42 Å². The van der Waals surface area contributed by atoms with Gasteiger partial charge in [0.2, 0.25) is 21.8 Å². The van der Waals surface area contributed by atoms with Crippen LogP contribution in [0.1, 0.15) is 19.3 Å². The minimum absolute atomic E-state index is 0.0962. The molecule has 4 rings (SSSR count). The summed E-state index contributed by atoms with van der Waals surface area (Å²) in [6, 6.07) is 13.4. The van der Waals surface area contributed by atoms with Crippen molar-refractivity contribution in [3.63, 3.8) is 0 Å². The molecule has 1 unspecified atom stereocenters. The maximum Gasteiger partial charge on any atom is 0.243 e. The Kier molecular flexibility index (Phi) is 7.14. The molecule has 2 amide bonds. The Hall–Kier alpha value is -3.11. The third-order valence-corrected chi connectivity index (χ3v) is 7.49. The number of carbonyl (C=O) groups is 2. The summed E-state index contributed by atoms with van der Waals surface area (Å²) in [5, 5.41) is 5.54. The Morgan fingerprint density at radius 2 is 1.79 bits per heavy atom. The first-order valence-corrected chi connectivity index (χ1v) is 12.4. The monoisotopic (exact) mass is 473 g/mol. The number of ether oxygens (including phenoxy) is 2. The molecule has 176 valence electrons. The van der Waals surface area contributed by atoms with Gasteiger partial charge in [0.25, 0.3) is 0 Å². The van der Waals surface area contributed by atoms with Crippen LogP contribution in [-0.4, -0.2) is 57.4 Å². The summed E-state index contributed by atoms with van der Waals surface area (Å²) >= 11 is 0. The van der Waals surface area contributed by atoms with Crippen molar-refractivity contribution in [1.29, 1.82) is 0 Å². The fourth-order valence-corrected chi connectivity index (χ4v) is 5.45. The maximum absolute atomic E-state index is 12.8. The smallest absolute Gasteiger partial charge is 0.243 e. The Morgan fingerprint density at radius 3 is 2.58 bits per heavy atom. The lowest BCUT2D eigenvalue weighted by Gasteiger charge is -2.31. The molecule has 2 aromatic carbocycles. The van der Waals surface area contributed by atoms with Gasteiger partial charge in [-0.1, -0.05) is 18.2 Å². The molecule has 1 saturated heterocycles. The zero-order chi connectivity index (χ0) is 23.3. The van der Waals surface area contributed by atoms with Crippen molar-refractivity contribution in [2.24, 2.45) is 5.92 Å². The topological polar surface area (TPSA) is 114 Å². The summed E-state index contributed by atoms with van der Waals surface area (Å²) in [7, 11) is -3.63. The van der Waals surface area contributed by atoms with E-state index in [1.54, 1.807) is 48.5 Å². The Bertz CT molecular complexity index is 1110. The summed E-state index contributed by atoms with van der Waals surface area (Å²) in [4.78, 5) is 25.1. The van der Waals surface area contributed by atoms with Crippen LogP contribution in [0.4, 0.5) is 5.69 Å². The molecule has 1 fully saturated rings. The number of carbonyl (C=O) groups excluding carboxylic acids is 2. The molecule has 0 aromatic heterocycles. The summed E-state index contributed by atoms with van der Waals surface area (Å²) in [5.74, 6) is 0.291. The summed E-state index contributed by atoms with van der Waals surface area (Å²) < 4.78 is 38.0. The van der Waals surface area contributed by atoms with Gasteiger partial charge >= 0.3 is 0 Å². The highest BCUT2D eigenvalue weighted by Crippen LogP contribution is 2.32. The zero-order valence-corrected chi connectivity index (χ0v) is 19.0. The van der Waals surface area contributed by atoms with Crippen LogP contribution in [0.3, 0.4) is 0 Å². The van der Waals surface area contributed by atoms with Gasteiger partial charge < -0.3 is 20.1 Å². The Balaban J connectivity index is 1.25. The molecule has 0 radical (unpaired) electrons. The van der Waals surface area contributed by atoms with Crippen LogP contribution >= 0.6 is 0 Å². The molecule has 10 heteroatoms. The number of hydrogen-bond donors (Lipinski definition) is 2. The number of piperidine rings is 1. The van der Waals surface area contributed by atoms with Crippen molar-refractivity contribution < 1.29 is 27.5 Å². The van der Waals surface area contributed by atoms with Crippen LogP contribution in [0.25, 0.3) is 0 Å². The van der Waals surface area contributed by atoms with E-state index in [1.807, 2.05) is 0 Å². The molecule has 2 aromatic rings. The largest absolute Gasteiger partial charge is 0.486 e. The molecule has 0 spiro atoms. The second-order valence-corrected chi connectivity index (χ2v) is 9.90. The molecule has 33 heavy (non-hydrogen) atoms. The first-order valence-electron chi connectivity index (χ1n) is 11.0. The SMILES string of the molecule is O=C(CCNC(=O)C1CCCN(S(=O)(=O)c2ccccc2)C1)Nc1ccc2c(c1)OCCO2. The van der Waals surface area contributed by atoms with Gasteiger partial charge in [-0.05, 0) is 37.1 Å². The van der Waals surface area contributed by atoms with E-state index in [0.29, 0.717) is 49.8 Å². The molecule has 0 bridgehead atoms. The van der Waals surface area contributed by atoms with Crippen LogP contribution in [0.5, 0.6) is 11.5 Å². The molecular formula is C23H27N3O6S. The molecule has 9 nitrogen and oxygen atoms in total. The second-order valence-electron chi connectivity index (χ2n) is 7.96. The minimum Gasteiger partial charge on any atom is -0.486 e. The van der Waals surface area contributed by atoms with E-state index in [0.717, 1.165) is 0 Å². The number of nitrogens with one attached hydrogen (secondary N) is 2. The van der Waals surface area contributed by atoms with Crippen molar-refractivity contribution in [3.8, 4) is 11.5 Å². The highest BCUT2D eigenvalue weighted by molar-refractivity contribution is 7.89. The average molecular weight is 474 g/mol. The number of amides is 2. The predicted octanol–water partition coefficient (Wildman–Crippen LogP) is 2.00. The van der Waals surface area contributed by atoms with E-state index < -0.39 is 15.9 Å². The average Bonchev–Trinajstić information content (AvgIpc) is 2.84.